The summed E-state index contributed by atoms with van der Waals surface area (Å²) in [4.78, 5) is 0. The molecule has 0 amide bonds. The average molecular weight is 1140 g/mol. The molecule has 0 aliphatic carbocycles. The monoisotopic (exact) mass is 1140 g/mol. The van der Waals surface area contributed by atoms with Crippen LogP contribution in [0, 0.1) is 23.7 Å². The van der Waals surface area contributed by atoms with E-state index >= 15 is 0 Å². The van der Waals surface area contributed by atoms with Crippen LogP contribution in [0.1, 0.15) is 307 Å². The van der Waals surface area contributed by atoms with Crippen molar-refractivity contribution in [3.05, 3.63) is 107 Å². The van der Waals surface area contributed by atoms with Gasteiger partial charge in [0.15, 0.2) is 0 Å². The molecule has 0 aromatic heterocycles. The molecule has 0 atom stereocenters. The van der Waals surface area contributed by atoms with Crippen molar-refractivity contribution >= 4 is 32.3 Å². The molecule has 0 fully saturated rings. The molecule has 4 nitrogen and oxygen atoms in total. The highest BCUT2D eigenvalue weighted by molar-refractivity contribution is 6.24. The smallest absolute Gasteiger partial charge is 0.135 e. The van der Waals surface area contributed by atoms with E-state index in [-0.39, 0.29) is 0 Å². The van der Waals surface area contributed by atoms with Crippen LogP contribution in [0.2, 0.25) is 0 Å². The summed E-state index contributed by atoms with van der Waals surface area (Å²) < 4.78 is 25.9. The molecule has 0 spiro atoms. The first-order valence-corrected chi connectivity index (χ1v) is 35.2. The van der Waals surface area contributed by atoms with Crippen LogP contribution >= 0.6 is 0 Å². The average Bonchev–Trinajstić information content (AvgIpc) is 1.58. The summed E-state index contributed by atoms with van der Waals surface area (Å²) in [5, 5.41) is 7.18. The van der Waals surface area contributed by atoms with Crippen molar-refractivity contribution in [2.75, 3.05) is 26.4 Å². The molecule has 0 saturated carbocycles. The molecule has 0 N–H and O–H groups in total. The Hall–Kier alpha value is -5.32. The zero-order valence-electron chi connectivity index (χ0n) is 53.8. The van der Waals surface area contributed by atoms with Gasteiger partial charge in [-0.1, -0.05) is 319 Å². The van der Waals surface area contributed by atoms with Gasteiger partial charge in [-0.25, -0.2) is 0 Å². The molecular weight excluding hydrogens is 1020 g/mol. The minimum Gasteiger partial charge on any atom is -0.494 e. The number of ether oxygens (including phenoxy) is 4. The van der Waals surface area contributed by atoms with Gasteiger partial charge in [0, 0.05) is 11.1 Å². The molecule has 0 aliphatic heterocycles. The number of rotatable bonds is 48. The van der Waals surface area contributed by atoms with Crippen LogP contribution in [-0.2, 0) is 0 Å². The number of hydrogen-bond donors (Lipinski definition) is 0. The van der Waals surface area contributed by atoms with Crippen molar-refractivity contribution in [3.63, 3.8) is 0 Å². The van der Waals surface area contributed by atoms with Gasteiger partial charge in [-0.15, -0.1) is 0 Å². The van der Waals surface area contributed by atoms with Crippen molar-refractivity contribution in [1.82, 2.24) is 0 Å². The van der Waals surface area contributed by atoms with Crippen LogP contribution in [-0.4, -0.2) is 26.4 Å². The van der Waals surface area contributed by atoms with Gasteiger partial charge < -0.3 is 18.9 Å². The van der Waals surface area contributed by atoms with Gasteiger partial charge in [-0.2, -0.15) is 0 Å². The molecule has 0 heterocycles. The fourth-order valence-corrected chi connectivity index (χ4v) is 12.0. The summed E-state index contributed by atoms with van der Waals surface area (Å²) in [5.74, 6) is 17.9. The van der Waals surface area contributed by atoms with E-state index in [9.17, 15) is 0 Å². The van der Waals surface area contributed by atoms with Gasteiger partial charge in [-0.3, -0.25) is 0 Å². The van der Waals surface area contributed by atoms with Crippen LogP contribution in [0.25, 0.3) is 32.3 Å². The lowest BCUT2D eigenvalue weighted by Crippen LogP contribution is -2.01. The highest BCUT2D eigenvalue weighted by atomic mass is 16.5. The van der Waals surface area contributed by atoms with Gasteiger partial charge in [0.1, 0.15) is 23.0 Å². The first-order valence-electron chi connectivity index (χ1n) is 35.2. The fraction of sp³-hybridized carbons (Fsp3) is 0.600. The minimum absolute atomic E-state index is 0.695. The van der Waals surface area contributed by atoms with E-state index in [0.717, 1.165) is 94.9 Å². The molecule has 4 heteroatoms. The van der Waals surface area contributed by atoms with Crippen molar-refractivity contribution in [2.45, 2.75) is 285 Å². The predicted octanol–water partition coefficient (Wildman–Crippen LogP) is 24.6. The summed E-state index contributed by atoms with van der Waals surface area (Å²) in [6, 6.07) is 30.4. The molecule has 84 heavy (non-hydrogen) atoms. The second-order valence-electron chi connectivity index (χ2n) is 24.6. The first kappa shape index (κ1) is 67.8. The van der Waals surface area contributed by atoms with Crippen molar-refractivity contribution < 1.29 is 18.9 Å². The Morgan fingerprint density at radius 2 is 0.488 bits per heavy atom. The maximum Gasteiger partial charge on any atom is 0.135 e. The maximum absolute atomic E-state index is 6.54. The second-order valence-corrected chi connectivity index (χ2v) is 24.6. The van der Waals surface area contributed by atoms with Crippen LogP contribution in [0.5, 0.6) is 23.0 Å². The normalized spacial score (nSPS) is 11.3. The molecule has 458 valence electrons. The zero-order valence-corrected chi connectivity index (χ0v) is 53.8. The van der Waals surface area contributed by atoms with Crippen LogP contribution < -0.4 is 18.9 Å². The molecule has 0 aliphatic rings. The lowest BCUT2D eigenvalue weighted by molar-refractivity contribution is 0.295. The van der Waals surface area contributed by atoms with E-state index in [2.05, 4.69) is 136 Å². The summed E-state index contributed by atoms with van der Waals surface area (Å²) in [7, 11) is 0. The SMILES string of the molecule is CCCCCCCCCCCCOc1ccc(OCCCCCCCCCCCC)c(C#Cc2ccc3ccc4ccc(C#Cc5cc(OCCCCCCCCCCCC)ccc5OCCCCCCCCCCCC)c5ccc2c3c45)c1. The lowest BCUT2D eigenvalue weighted by atomic mass is 9.90. The Balaban J connectivity index is 1.16. The first-order chi connectivity index (χ1) is 41.6. The Kier molecular flexibility index (Phi) is 35.0. The van der Waals surface area contributed by atoms with E-state index in [0.29, 0.717) is 13.2 Å². The topological polar surface area (TPSA) is 36.9 Å². The maximum atomic E-state index is 6.54. The Morgan fingerprint density at radius 3 is 0.786 bits per heavy atom. The number of hydrogen-bond acceptors (Lipinski definition) is 4. The summed E-state index contributed by atoms with van der Waals surface area (Å²) >= 11 is 0. The van der Waals surface area contributed by atoms with Crippen LogP contribution in [0.4, 0.5) is 0 Å². The predicted molar refractivity (Wildman–Crippen MR) is 364 cm³/mol. The molecular formula is C80H114O4. The molecule has 6 aromatic rings. The van der Waals surface area contributed by atoms with Gasteiger partial charge >= 0.3 is 0 Å². The van der Waals surface area contributed by atoms with Gasteiger partial charge in [0.2, 0.25) is 0 Å². The third-order valence-corrected chi connectivity index (χ3v) is 17.3. The number of benzene rings is 6. The molecule has 0 bridgehead atoms. The molecule has 0 radical (unpaired) electrons. The summed E-state index contributed by atoms with van der Waals surface area (Å²) in [6.07, 6.45) is 52.2. The Labute approximate surface area is 513 Å². The largest absolute Gasteiger partial charge is 0.494 e. The molecule has 6 aromatic carbocycles. The third kappa shape index (κ3) is 25.7. The van der Waals surface area contributed by atoms with Crippen molar-refractivity contribution in [1.29, 1.82) is 0 Å². The van der Waals surface area contributed by atoms with Gasteiger partial charge in [-0.05, 0) is 107 Å². The Bertz CT molecular complexity index is 2610. The quantitative estimate of drug-likeness (QED) is 0.0217. The fourth-order valence-electron chi connectivity index (χ4n) is 12.0. The zero-order chi connectivity index (χ0) is 58.8. The minimum atomic E-state index is 0.695. The van der Waals surface area contributed by atoms with E-state index in [1.54, 1.807) is 0 Å². The highest BCUT2D eigenvalue weighted by Crippen LogP contribution is 2.38. The van der Waals surface area contributed by atoms with Crippen molar-refractivity contribution in [2.24, 2.45) is 0 Å². The standard InChI is InChI=1S/C80H114O4/c1-5-9-13-17-21-25-29-33-37-41-61-81-73-55-59-77(83-63-43-39-35-31-27-23-19-15-11-7-3)71(65-73)53-47-67-45-49-69-51-52-70-50-46-68(76-58-57-75(67)79(69)80(70)76)48-54-72-66-74(82-62-42-38-34-30-26-22-18-14-10-6-2)56-60-78(72)84-64-44-40-36-32-28-24-20-16-12-8-4/h45-46,49-52,55-60,65-66H,5-44,61-64H2,1-4H3. The summed E-state index contributed by atoms with van der Waals surface area (Å²) in [6.45, 7) is 12.0. The van der Waals surface area contributed by atoms with E-state index in [1.165, 1.54) is 253 Å². The summed E-state index contributed by atoms with van der Waals surface area (Å²) in [5.41, 5.74) is 3.77. The number of unbranched alkanes of at least 4 members (excludes halogenated alkanes) is 36. The lowest BCUT2D eigenvalue weighted by Gasteiger charge is -2.13. The van der Waals surface area contributed by atoms with Crippen LogP contribution in [0.3, 0.4) is 0 Å². The highest BCUT2D eigenvalue weighted by Gasteiger charge is 2.14. The van der Waals surface area contributed by atoms with E-state index < -0.39 is 0 Å². The van der Waals surface area contributed by atoms with Crippen molar-refractivity contribution in [3.8, 4) is 46.7 Å². The Morgan fingerprint density at radius 1 is 0.238 bits per heavy atom. The second kappa shape index (κ2) is 43.3. The van der Waals surface area contributed by atoms with Gasteiger partial charge in [0.25, 0.3) is 0 Å². The van der Waals surface area contributed by atoms with E-state index in [4.69, 9.17) is 18.9 Å². The molecule has 6 rings (SSSR count). The van der Waals surface area contributed by atoms with Gasteiger partial charge in [0.05, 0.1) is 37.6 Å². The third-order valence-electron chi connectivity index (χ3n) is 17.3. The van der Waals surface area contributed by atoms with Crippen LogP contribution in [0.15, 0.2) is 84.9 Å². The molecule has 0 unspecified atom stereocenters. The van der Waals surface area contributed by atoms with E-state index in [1.807, 2.05) is 0 Å². The molecule has 0 saturated heterocycles.